The van der Waals surface area contributed by atoms with Crippen LogP contribution in [0.4, 0.5) is 0 Å². The molecule has 1 aliphatic carbocycles. The number of fused-ring (bicyclic) bond motifs is 1. The fraction of sp³-hybridized carbons (Fsp3) is 0.412. The van der Waals surface area contributed by atoms with Crippen LogP contribution < -0.4 is 16.6 Å². The van der Waals surface area contributed by atoms with Gasteiger partial charge in [-0.3, -0.25) is 19.0 Å². The number of H-pyrrole nitrogens is 1. The molecule has 2 atom stereocenters. The van der Waals surface area contributed by atoms with E-state index in [9.17, 15) is 24.3 Å². The van der Waals surface area contributed by atoms with E-state index in [1.165, 1.54) is 18.2 Å². The average Bonchev–Trinajstić information content (AvgIpc) is 3.03. The van der Waals surface area contributed by atoms with Crippen LogP contribution in [-0.4, -0.2) is 32.6 Å². The van der Waals surface area contributed by atoms with E-state index in [1.807, 2.05) is 0 Å². The number of nitrogens with one attached hydrogen (secondary N) is 2. The zero-order valence-electron chi connectivity index (χ0n) is 13.7. The second-order valence-electron chi connectivity index (χ2n) is 6.20. The zero-order valence-corrected chi connectivity index (χ0v) is 13.7. The van der Waals surface area contributed by atoms with Gasteiger partial charge in [-0.2, -0.15) is 0 Å². The molecule has 0 radical (unpaired) electrons. The van der Waals surface area contributed by atoms with E-state index in [2.05, 4.69) is 10.3 Å². The number of rotatable bonds is 4. The first-order valence-electron chi connectivity index (χ1n) is 8.23. The van der Waals surface area contributed by atoms with Crippen molar-refractivity contribution in [1.82, 2.24) is 14.9 Å². The molecule has 25 heavy (non-hydrogen) atoms. The van der Waals surface area contributed by atoms with Gasteiger partial charge in [0, 0.05) is 18.2 Å². The lowest BCUT2D eigenvalue weighted by atomic mass is 10.0. The highest BCUT2D eigenvalue weighted by Gasteiger charge is 2.34. The van der Waals surface area contributed by atoms with E-state index in [1.54, 1.807) is 6.92 Å². The Morgan fingerprint density at radius 2 is 2.08 bits per heavy atom. The summed E-state index contributed by atoms with van der Waals surface area (Å²) in [6.45, 7) is 1.95. The number of nitrogens with zero attached hydrogens (tertiary/aromatic N) is 1. The van der Waals surface area contributed by atoms with Gasteiger partial charge in [0.1, 0.15) is 0 Å². The van der Waals surface area contributed by atoms with Gasteiger partial charge in [0.2, 0.25) is 0 Å². The molecule has 1 aliphatic rings. The number of carbonyl (C=O) groups is 2. The Morgan fingerprint density at radius 1 is 1.32 bits per heavy atom. The summed E-state index contributed by atoms with van der Waals surface area (Å²) in [6, 6.07) is 4.03. The van der Waals surface area contributed by atoms with Crippen molar-refractivity contribution in [3.05, 3.63) is 44.6 Å². The average molecular weight is 345 g/mol. The number of amides is 1. The molecule has 8 nitrogen and oxygen atoms in total. The lowest BCUT2D eigenvalue weighted by Gasteiger charge is -2.17. The number of carbonyl (C=O) groups excluding carboxylic acids is 1. The Kier molecular flexibility index (Phi) is 4.43. The summed E-state index contributed by atoms with van der Waals surface area (Å²) in [4.78, 5) is 50.4. The zero-order chi connectivity index (χ0) is 18.1. The van der Waals surface area contributed by atoms with E-state index < -0.39 is 35.1 Å². The van der Waals surface area contributed by atoms with Gasteiger partial charge in [0.05, 0.1) is 16.8 Å². The Balaban J connectivity index is 1.91. The Bertz CT molecular complexity index is 959. The number of aromatic nitrogens is 2. The van der Waals surface area contributed by atoms with Crippen LogP contribution in [-0.2, 0) is 11.3 Å². The molecular weight excluding hydrogens is 326 g/mol. The second-order valence-corrected chi connectivity index (χ2v) is 6.20. The largest absolute Gasteiger partial charge is 0.481 e. The van der Waals surface area contributed by atoms with Crippen molar-refractivity contribution in [2.75, 3.05) is 0 Å². The van der Waals surface area contributed by atoms with Crippen molar-refractivity contribution in [1.29, 1.82) is 0 Å². The van der Waals surface area contributed by atoms with Gasteiger partial charge in [0.25, 0.3) is 11.5 Å². The first-order chi connectivity index (χ1) is 11.9. The highest BCUT2D eigenvalue weighted by Crippen LogP contribution is 2.26. The molecule has 0 saturated heterocycles. The maximum atomic E-state index is 12.4. The molecule has 1 fully saturated rings. The van der Waals surface area contributed by atoms with E-state index in [0.717, 1.165) is 11.0 Å². The summed E-state index contributed by atoms with van der Waals surface area (Å²) in [5, 5.41) is 12.3. The number of aromatic amines is 1. The normalized spacial score (nSPS) is 19.9. The summed E-state index contributed by atoms with van der Waals surface area (Å²) >= 11 is 0. The number of aliphatic carboxylic acids is 1. The van der Waals surface area contributed by atoms with Crippen molar-refractivity contribution in [2.24, 2.45) is 5.92 Å². The van der Waals surface area contributed by atoms with Crippen LogP contribution in [0.1, 0.15) is 36.5 Å². The van der Waals surface area contributed by atoms with Crippen molar-refractivity contribution >= 4 is 22.8 Å². The van der Waals surface area contributed by atoms with Gasteiger partial charge in [-0.1, -0.05) is 6.42 Å². The molecule has 3 rings (SSSR count). The molecule has 8 heteroatoms. The minimum Gasteiger partial charge on any atom is -0.481 e. The van der Waals surface area contributed by atoms with Crippen LogP contribution in [0, 0.1) is 5.92 Å². The third kappa shape index (κ3) is 3.07. The van der Waals surface area contributed by atoms with Gasteiger partial charge in [-0.15, -0.1) is 0 Å². The molecule has 1 amide bonds. The van der Waals surface area contributed by atoms with Gasteiger partial charge in [-0.05, 0) is 38.0 Å². The smallest absolute Gasteiger partial charge is 0.328 e. The van der Waals surface area contributed by atoms with Crippen molar-refractivity contribution in [2.45, 2.75) is 38.8 Å². The fourth-order valence-electron chi connectivity index (χ4n) is 3.36. The van der Waals surface area contributed by atoms with Gasteiger partial charge < -0.3 is 15.4 Å². The van der Waals surface area contributed by atoms with E-state index in [-0.39, 0.29) is 17.6 Å². The summed E-state index contributed by atoms with van der Waals surface area (Å²) in [6.07, 6.45) is 1.92. The highest BCUT2D eigenvalue weighted by atomic mass is 16.4. The Morgan fingerprint density at radius 3 is 2.76 bits per heavy atom. The van der Waals surface area contributed by atoms with Crippen LogP contribution in [0.25, 0.3) is 10.9 Å². The Labute approximate surface area is 142 Å². The van der Waals surface area contributed by atoms with Crippen LogP contribution in [0.5, 0.6) is 0 Å². The molecule has 0 unspecified atom stereocenters. The summed E-state index contributed by atoms with van der Waals surface area (Å²) in [5.74, 6) is -1.91. The molecule has 0 aliphatic heterocycles. The summed E-state index contributed by atoms with van der Waals surface area (Å²) < 4.78 is 1.08. The quantitative estimate of drug-likeness (QED) is 0.753. The molecule has 1 aromatic carbocycles. The lowest BCUT2D eigenvalue weighted by molar-refractivity contribution is -0.142. The maximum absolute atomic E-state index is 12.4. The standard InChI is InChI=1S/C17H19N3O5/c1-2-20-15(22)10-7-6-9(8-13(10)19-17(20)25)14(21)18-12-5-3-4-11(12)16(23)24/h6-8,11-12H,2-5H2,1H3,(H,18,21)(H,19,25)(H,23,24)/t11-,12+/m0/s1. The number of benzene rings is 1. The van der Waals surface area contributed by atoms with Crippen LogP contribution in [0.2, 0.25) is 0 Å². The first kappa shape index (κ1) is 16.9. The monoisotopic (exact) mass is 345 g/mol. The third-order valence-corrected chi connectivity index (χ3v) is 4.71. The predicted molar refractivity (Wildman–Crippen MR) is 90.7 cm³/mol. The molecule has 1 aromatic heterocycles. The molecule has 1 saturated carbocycles. The van der Waals surface area contributed by atoms with Crippen molar-refractivity contribution in [3.63, 3.8) is 0 Å². The molecule has 3 N–H and O–H groups in total. The molecule has 132 valence electrons. The molecular formula is C17H19N3O5. The van der Waals surface area contributed by atoms with Crippen molar-refractivity contribution in [3.8, 4) is 0 Å². The minimum atomic E-state index is -0.911. The molecule has 1 heterocycles. The van der Waals surface area contributed by atoms with Crippen LogP contribution >= 0.6 is 0 Å². The highest BCUT2D eigenvalue weighted by molar-refractivity contribution is 5.98. The second kappa shape index (κ2) is 6.54. The summed E-state index contributed by atoms with van der Waals surface area (Å²) in [5.41, 5.74) is -0.379. The lowest BCUT2D eigenvalue weighted by Crippen LogP contribution is -2.40. The van der Waals surface area contributed by atoms with E-state index in [4.69, 9.17) is 0 Å². The predicted octanol–water partition coefficient (Wildman–Crippen LogP) is 0.693. The number of hydrogen-bond acceptors (Lipinski definition) is 4. The van der Waals surface area contributed by atoms with Crippen LogP contribution in [0.3, 0.4) is 0 Å². The number of carboxylic acid groups (broad SMARTS) is 1. The Hall–Kier alpha value is -2.90. The third-order valence-electron chi connectivity index (χ3n) is 4.71. The first-order valence-corrected chi connectivity index (χ1v) is 8.23. The van der Waals surface area contributed by atoms with Gasteiger partial charge in [0.15, 0.2) is 0 Å². The molecule has 0 bridgehead atoms. The minimum absolute atomic E-state index is 0.255. The maximum Gasteiger partial charge on any atom is 0.328 e. The topological polar surface area (TPSA) is 121 Å². The number of carboxylic acids is 1. The van der Waals surface area contributed by atoms with Crippen LogP contribution in [0.15, 0.2) is 27.8 Å². The van der Waals surface area contributed by atoms with E-state index >= 15 is 0 Å². The number of hydrogen-bond donors (Lipinski definition) is 3. The van der Waals surface area contributed by atoms with Crippen molar-refractivity contribution < 1.29 is 14.7 Å². The van der Waals surface area contributed by atoms with Gasteiger partial charge >= 0.3 is 11.7 Å². The fourth-order valence-corrected chi connectivity index (χ4v) is 3.36. The van der Waals surface area contributed by atoms with E-state index in [0.29, 0.717) is 18.2 Å². The SMILES string of the molecule is CCn1c(=O)[nH]c2cc(C(=O)N[C@@H]3CCC[C@@H]3C(=O)O)ccc2c1=O. The van der Waals surface area contributed by atoms with Gasteiger partial charge in [-0.25, -0.2) is 4.79 Å². The molecule has 2 aromatic rings. The summed E-state index contributed by atoms with van der Waals surface area (Å²) in [7, 11) is 0. The molecule has 0 spiro atoms.